The molecular weight excluding hydrogens is 515 g/mol. The Balaban J connectivity index is 1.67. The number of nitrogens with two attached hydrogens (primary N) is 1. The first kappa shape index (κ1) is 24.4. The second-order valence-electron chi connectivity index (χ2n) is 9.68. The van der Waals surface area contributed by atoms with Crippen molar-refractivity contribution in [2.45, 2.75) is 62.3 Å². The van der Waals surface area contributed by atoms with Crippen molar-refractivity contribution in [3.8, 4) is 17.1 Å². The van der Waals surface area contributed by atoms with Gasteiger partial charge >= 0.3 is 6.18 Å². The first-order valence-electron chi connectivity index (χ1n) is 11.8. The standard InChI is InChI=1S/C24H23F5N6OS/c1-8-15(24(27,28)29)11(6-12(30)16(8)25)18-17(26)19-14-21(34-23(33-19)37-3)35-7-10-4-5-13(31-10)20(35)9(2)36-22(14)32-18/h6,9-10,13,20,31H,4-5,7,30H2,1-3H3/t9-,10+,13-,20+/m0/s1. The van der Waals surface area contributed by atoms with E-state index in [2.05, 4.69) is 25.2 Å². The molecule has 0 saturated carbocycles. The molecule has 6 rings (SSSR count). The number of piperazine rings is 1. The van der Waals surface area contributed by atoms with E-state index in [1.54, 1.807) is 6.26 Å². The van der Waals surface area contributed by atoms with Gasteiger partial charge in [0.2, 0.25) is 5.88 Å². The molecule has 13 heteroatoms. The Morgan fingerprint density at radius 2 is 1.92 bits per heavy atom. The summed E-state index contributed by atoms with van der Waals surface area (Å²) in [4.78, 5) is 15.4. The Bertz CT molecular complexity index is 1450. The Kier molecular flexibility index (Phi) is 5.47. The number of hydrogen-bond acceptors (Lipinski definition) is 8. The number of hydrogen-bond donors (Lipinski definition) is 2. The van der Waals surface area contributed by atoms with E-state index >= 15 is 4.39 Å². The maximum atomic E-state index is 16.2. The van der Waals surface area contributed by atoms with Crippen LogP contribution in [0.5, 0.6) is 5.88 Å². The molecule has 37 heavy (non-hydrogen) atoms. The molecule has 5 heterocycles. The zero-order valence-electron chi connectivity index (χ0n) is 20.1. The van der Waals surface area contributed by atoms with Crippen LogP contribution in [-0.4, -0.2) is 52.0 Å². The highest BCUT2D eigenvalue weighted by Crippen LogP contribution is 2.47. The summed E-state index contributed by atoms with van der Waals surface area (Å²) in [5.41, 5.74) is 1.50. The van der Waals surface area contributed by atoms with Gasteiger partial charge in [-0.15, -0.1) is 0 Å². The lowest BCUT2D eigenvalue weighted by atomic mass is 9.96. The topological polar surface area (TPSA) is 89.2 Å². The number of nitrogens with one attached hydrogen (secondary N) is 1. The third-order valence-electron chi connectivity index (χ3n) is 7.48. The summed E-state index contributed by atoms with van der Waals surface area (Å²) in [5.74, 6) is -1.92. The minimum Gasteiger partial charge on any atom is -0.472 e. The molecule has 1 aromatic carbocycles. The summed E-state index contributed by atoms with van der Waals surface area (Å²) in [6.07, 6.45) is -1.80. The summed E-state index contributed by atoms with van der Waals surface area (Å²) >= 11 is 1.19. The molecule has 7 nitrogen and oxygen atoms in total. The van der Waals surface area contributed by atoms with Gasteiger partial charge in [-0.3, -0.25) is 0 Å². The van der Waals surface area contributed by atoms with Crippen LogP contribution in [0.15, 0.2) is 11.2 Å². The van der Waals surface area contributed by atoms with Crippen molar-refractivity contribution in [2.75, 3.05) is 23.4 Å². The van der Waals surface area contributed by atoms with Crippen molar-refractivity contribution in [1.29, 1.82) is 0 Å². The van der Waals surface area contributed by atoms with Gasteiger partial charge in [-0.2, -0.15) is 13.2 Å². The first-order valence-corrected chi connectivity index (χ1v) is 13.0. The molecule has 2 fully saturated rings. The molecule has 0 aliphatic carbocycles. The number of aromatic nitrogens is 3. The molecule has 3 N–H and O–H groups in total. The Morgan fingerprint density at radius 1 is 1.16 bits per heavy atom. The maximum Gasteiger partial charge on any atom is 0.417 e. The van der Waals surface area contributed by atoms with Crippen LogP contribution < -0.4 is 20.7 Å². The number of ether oxygens (including phenoxy) is 1. The molecule has 0 unspecified atom stereocenters. The van der Waals surface area contributed by atoms with E-state index in [4.69, 9.17) is 10.5 Å². The number of rotatable bonds is 2. The molecule has 196 valence electrons. The van der Waals surface area contributed by atoms with Gasteiger partial charge in [-0.25, -0.2) is 23.7 Å². The van der Waals surface area contributed by atoms with Gasteiger partial charge < -0.3 is 20.7 Å². The molecule has 0 amide bonds. The molecule has 2 aromatic heterocycles. The number of benzene rings is 1. The van der Waals surface area contributed by atoms with Crippen molar-refractivity contribution in [3.63, 3.8) is 0 Å². The maximum absolute atomic E-state index is 16.2. The SMILES string of the molecule is CSc1nc2c3c(nc(-c4cc(N)c(F)c(C)c4C(F)(F)F)c(F)c3n1)O[C@@H](C)[C@@H]1[C@@H]3CC[C@H](CN21)N3. The smallest absolute Gasteiger partial charge is 0.417 e. The summed E-state index contributed by atoms with van der Waals surface area (Å²) in [6, 6.07) is 0.946. The number of fused-ring (bicyclic) bond motifs is 5. The average molecular weight is 539 g/mol. The zero-order chi connectivity index (χ0) is 26.4. The predicted molar refractivity (Wildman–Crippen MR) is 130 cm³/mol. The van der Waals surface area contributed by atoms with E-state index in [1.165, 1.54) is 11.8 Å². The van der Waals surface area contributed by atoms with E-state index in [0.717, 1.165) is 25.8 Å². The number of anilines is 2. The van der Waals surface area contributed by atoms with Gasteiger partial charge in [0.15, 0.2) is 11.0 Å². The summed E-state index contributed by atoms with van der Waals surface area (Å²) in [5, 5.41) is 4.05. The van der Waals surface area contributed by atoms with Gasteiger partial charge in [0.1, 0.15) is 34.3 Å². The number of nitrogens with zero attached hydrogens (tertiary/aromatic N) is 4. The highest BCUT2D eigenvalue weighted by molar-refractivity contribution is 7.98. The molecule has 4 atom stereocenters. The second kappa shape index (κ2) is 8.29. The number of nitrogen functional groups attached to an aromatic ring is 1. The van der Waals surface area contributed by atoms with Gasteiger partial charge in [0.25, 0.3) is 0 Å². The molecular formula is C24H23F5N6OS. The molecule has 2 bridgehead atoms. The molecule has 3 aromatic rings. The molecule has 3 aliphatic rings. The second-order valence-corrected chi connectivity index (χ2v) is 10.4. The fourth-order valence-corrected chi connectivity index (χ4v) is 6.29. The van der Waals surface area contributed by atoms with Crippen LogP contribution >= 0.6 is 11.8 Å². The number of alkyl halides is 3. The van der Waals surface area contributed by atoms with Crippen LogP contribution in [0, 0.1) is 18.6 Å². The fraction of sp³-hybridized carbons (Fsp3) is 0.458. The Morgan fingerprint density at radius 3 is 2.62 bits per heavy atom. The monoisotopic (exact) mass is 538 g/mol. The number of halogens is 5. The largest absolute Gasteiger partial charge is 0.472 e. The summed E-state index contributed by atoms with van der Waals surface area (Å²) < 4.78 is 79.2. The third-order valence-corrected chi connectivity index (χ3v) is 8.02. The Labute approximate surface area is 213 Å². The lowest BCUT2D eigenvalue weighted by Crippen LogP contribution is -2.62. The van der Waals surface area contributed by atoms with Gasteiger partial charge in [-0.05, 0) is 44.6 Å². The van der Waals surface area contributed by atoms with E-state index in [1.807, 2.05) is 6.92 Å². The van der Waals surface area contributed by atoms with Crippen LogP contribution in [0.4, 0.5) is 33.5 Å². The highest BCUT2D eigenvalue weighted by Gasteiger charge is 2.47. The number of pyridine rings is 1. The van der Waals surface area contributed by atoms with Crippen molar-refractivity contribution in [2.24, 2.45) is 0 Å². The molecule has 0 radical (unpaired) electrons. The predicted octanol–water partition coefficient (Wildman–Crippen LogP) is 4.69. The van der Waals surface area contributed by atoms with Crippen LogP contribution in [0.25, 0.3) is 22.2 Å². The summed E-state index contributed by atoms with van der Waals surface area (Å²) in [7, 11) is 0. The zero-order valence-corrected chi connectivity index (χ0v) is 20.9. The average Bonchev–Trinajstić information content (AvgIpc) is 3.16. The first-order chi connectivity index (χ1) is 17.5. The number of thioether (sulfide) groups is 1. The van der Waals surface area contributed by atoms with Crippen LogP contribution in [0.3, 0.4) is 0 Å². The van der Waals surface area contributed by atoms with Crippen LogP contribution in [0.1, 0.15) is 30.9 Å². The molecule has 2 saturated heterocycles. The van der Waals surface area contributed by atoms with Crippen molar-refractivity contribution < 1.29 is 26.7 Å². The van der Waals surface area contributed by atoms with E-state index < -0.39 is 52.0 Å². The third kappa shape index (κ3) is 3.61. The lowest BCUT2D eigenvalue weighted by Gasteiger charge is -2.42. The van der Waals surface area contributed by atoms with Gasteiger partial charge in [-0.1, -0.05) is 11.8 Å². The van der Waals surface area contributed by atoms with Crippen molar-refractivity contribution >= 4 is 34.2 Å². The van der Waals surface area contributed by atoms with E-state index in [-0.39, 0.29) is 40.1 Å². The molecule has 0 spiro atoms. The van der Waals surface area contributed by atoms with Gasteiger partial charge in [0.05, 0.1) is 17.3 Å². The minimum absolute atomic E-state index is 0.0690. The van der Waals surface area contributed by atoms with E-state index in [9.17, 15) is 17.6 Å². The van der Waals surface area contributed by atoms with E-state index in [0.29, 0.717) is 12.4 Å². The van der Waals surface area contributed by atoms with Crippen LogP contribution in [0.2, 0.25) is 0 Å². The molecule has 3 aliphatic heterocycles. The van der Waals surface area contributed by atoms with Crippen LogP contribution in [-0.2, 0) is 6.18 Å². The van der Waals surface area contributed by atoms with Crippen molar-refractivity contribution in [1.82, 2.24) is 20.3 Å². The van der Waals surface area contributed by atoms with Crippen molar-refractivity contribution in [3.05, 3.63) is 28.8 Å². The lowest BCUT2D eigenvalue weighted by molar-refractivity contribution is -0.137. The Hall–Kier alpha value is -2.93. The fourth-order valence-electron chi connectivity index (χ4n) is 5.93. The highest BCUT2D eigenvalue weighted by atomic mass is 32.2. The van der Waals surface area contributed by atoms with Gasteiger partial charge in [0, 0.05) is 24.2 Å². The summed E-state index contributed by atoms with van der Waals surface area (Å²) in [6.45, 7) is 3.42. The normalized spacial score (nSPS) is 24.7. The quantitative estimate of drug-likeness (QED) is 0.210. The minimum atomic E-state index is -4.99.